The first-order valence-corrected chi connectivity index (χ1v) is 7.32. The van der Waals surface area contributed by atoms with E-state index in [1.807, 2.05) is 23.7 Å². The number of hydrogen-bond acceptors (Lipinski definition) is 4. The molecule has 110 valence electrons. The lowest BCUT2D eigenvalue weighted by atomic mass is 9.84. The molecule has 20 heavy (non-hydrogen) atoms. The second-order valence-corrected chi connectivity index (χ2v) is 6.39. The molecule has 2 heterocycles. The van der Waals surface area contributed by atoms with Gasteiger partial charge in [-0.1, -0.05) is 27.7 Å². The highest BCUT2D eigenvalue weighted by Gasteiger charge is 2.25. The van der Waals surface area contributed by atoms with E-state index in [2.05, 4.69) is 48.2 Å². The quantitative estimate of drug-likeness (QED) is 0.910. The van der Waals surface area contributed by atoms with Crippen molar-refractivity contribution in [3.8, 4) is 0 Å². The van der Waals surface area contributed by atoms with Crippen LogP contribution in [0.25, 0.3) is 5.65 Å². The second kappa shape index (κ2) is 5.87. The molecule has 0 aliphatic carbocycles. The van der Waals surface area contributed by atoms with E-state index >= 15 is 0 Å². The zero-order chi connectivity index (χ0) is 14.8. The smallest absolute Gasteiger partial charge is 0.182 e. The van der Waals surface area contributed by atoms with E-state index in [4.69, 9.17) is 0 Å². The molecule has 0 saturated heterocycles. The maximum Gasteiger partial charge on any atom is 0.182 e. The summed E-state index contributed by atoms with van der Waals surface area (Å²) < 4.78 is 2.00. The Bertz CT molecular complexity index is 567. The van der Waals surface area contributed by atoms with Crippen LogP contribution < -0.4 is 5.32 Å². The van der Waals surface area contributed by atoms with Gasteiger partial charge >= 0.3 is 0 Å². The fourth-order valence-corrected chi connectivity index (χ4v) is 2.33. The van der Waals surface area contributed by atoms with Crippen molar-refractivity contribution >= 4 is 5.65 Å². The Morgan fingerprint density at radius 3 is 2.70 bits per heavy atom. The van der Waals surface area contributed by atoms with Crippen LogP contribution in [0, 0.1) is 12.3 Å². The zero-order valence-corrected chi connectivity index (χ0v) is 13.1. The number of nitrogens with one attached hydrogen (secondary N) is 1. The molecule has 1 N–H and O–H groups in total. The van der Waals surface area contributed by atoms with Crippen LogP contribution in [-0.2, 0) is 6.42 Å². The summed E-state index contributed by atoms with van der Waals surface area (Å²) in [5.41, 5.74) is 2.06. The monoisotopic (exact) mass is 275 g/mol. The zero-order valence-electron chi connectivity index (χ0n) is 13.1. The molecular weight excluding hydrogens is 250 g/mol. The summed E-state index contributed by atoms with van der Waals surface area (Å²) in [5.74, 6) is 0.900. The SMILES string of the molecule is CCCNC(Cc1nccn2c(C)nnc12)C(C)(C)C. The van der Waals surface area contributed by atoms with Crippen LogP contribution in [0.3, 0.4) is 0 Å². The van der Waals surface area contributed by atoms with Crippen molar-refractivity contribution in [1.29, 1.82) is 0 Å². The van der Waals surface area contributed by atoms with Crippen molar-refractivity contribution in [2.75, 3.05) is 6.54 Å². The van der Waals surface area contributed by atoms with Crippen molar-refractivity contribution in [2.24, 2.45) is 5.41 Å². The molecule has 0 aromatic carbocycles. The molecule has 0 bridgehead atoms. The number of aryl methyl sites for hydroxylation is 1. The molecule has 0 aliphatic heterocycles. The summed E-state index contributed by atoms with van der Waals surface area (Å²) in [7, 11) is 0. The fourth-order valence-electron chi connectivity index (χ4n) is 2.33. The third-order valence-electron chi connectivity index (χ3n) is 3.65. The maximum atomic E-state index is 4.52. The Hall–Kier alpha value is -1.49. The van der Waals surface area contributed by atoms with Crippen LogP contribution in [-0.4, -0.2) is 32.2 Å². The maximum absolute atomic E-state index is 4.52. The first-order chi connectivity index (χ1) is 9.43. The third-order valence-corrected chi connectivity index (χ3v) is 3.65. The predicted octanol–water partition coefficient (Wildman–Crippen LogP) is 2.39. The van der Waals surface area contributed by atoms with E-state index in [9.17, 15) is 0 Å². The number of nitrogens with zero attached hydrogens (tertiary/aromatic N) is 4. The molecule has 2 aromatic heterocycles. The average Bonchev–Trinajstić information content (AvgIpc) is 2.76. The van der Waals surface area contributed by atoms with Crippen LogP contribution in [0.4, 0.5) is 0 Å². The summed E-state index contributed by atoms with van der Waals surface area (Å²) in [6.45, 7) is 11.9. The summed E-state index contributed by atoms with van der Waals surface area (Å²) in [6.07, 6.45) is 5.75. The summed E-state index contributed by atoms with van der Waals surface area (Å²) in [6, 6.07) is 0.373. The Labute approximate surface area is 120 Å². The molecule has 2 rings (SSSR count). The first kappa shape index (κ1) is 14.9. The first-order valence-electron chi connectivity index (χ1n) is 7.32. The Kier molecular flexibility index (Phi) is 4.38. The van der Waals surface area contributed by atoms with Gasteiger partial charge in [-0.25, -0.2) is 0 Å². The van der Waals surface area contributed by atoms with Crippen molar-refractivity contribution in [3.05, 3.63) is 23.9 Å². The van der Waals surface area contributed by atoms with Gasteiger partial charge in [0.25, 0.3) is 0 Å². The fraction of sp³-hybridized carbons (Fsp3) is 0.667. The van der Waals surface area contributed by atoms with Gasteiger partial charge < -0.3 is 5.32 Å². The highest BCUT2D eigenvalue weighted by atomic mass is 15.2. The molecule has 5 nitrogen and oxygen atoms in total. The van der Waals surface area contributed by atoms with Crippen molar-refractivity contribution in [2.45, 2.75) is 53.5 Å². The van der Waals surface area contributed by atoms with Gasteiger partial charge in [0.2, 0.25) is 0 Å². The molecule has 0 amide bonds. The Morgan fingerprint density at radius 2 is 2.05 bits per heavy atom. The molecule has 1 atom stereocenters. The van der Waals surface area contributed by atoms with E-state index in [1.54, 1.807) is 0 Å². The highest BCUT2D eigenvalue weighted by Crippen LogP contribution is 2.23. The largest absolute Gasteiger partial charge is 0.313 e. The Morgan fingerprint density at radius 1 is 1.30 bits per heavy atom. The van der Waals surface area contributed by atoms with E-state index < -0.39 is 0 Å². The molecule has 0 saturated carbocycles. The molecule has 2 aromatic rings. The van der Waals surface area contributed by atoms with Gasteiger partial charge in [0.1, 0.15) is 5.82 Å². The molecule has 0 fully saturated rings. The van der Waals surface area contributed by atoms with Gasteiger partial charge in [-0.2, -0.15) is 0 Å². The van der Waals surface area contributed by atoms with Crippen molar-refractivity contribution in [1.82, 2.24) is 24.9 Å². The lowest BCUT2D eigenvalue weighted by Crippen LogP contribution is -2.42. The number of rotatable bonds is 5. The van der Waals surface area contributed by atoms with Gasteiger partial charge in [-0.15, -0.1) is 10.2 Å². The van der Waals surface area contributed by atoms with Gasteiger partial charge in [0.15, 0.2) is 5.65 Å². The van der Waals surface area contributed by atoms with E-state index in [1.165, 1.54) is 0 Å². The minimum atomic E-state index is 0.179. The molecule has 0 aliphatic rings. The molecule has 0 spiro atoms. The van der Waals surface area contributed by atoms with Gasteiger partial charge in [0, 0.05) is 24.9 Å². The van der Waals surface area contributed by atoms with E-state index in [0.29, 0.717) is 6.04 Å². The lowest BCUT2D eigenvalue weighted by molar-refractivity contribution is 0.265. The van der Waals surface area contributed by atoms with Crippen LogP contribution in [0.2, 0.25) is 0 Å². The summed E-state index contributed by atoms with van der Waals surface area (Å²) in [5, 5.41) is 12.0. The van der Waals surface area contributed by atoms with Crippen molar-refractivity contribution < 1.29 is 0 Å². The lowest BCUT2D eigenvalue weighted by Gasteiger charge is -2.31. The molecule has 1 unspecified atom stereocenters. The minimum absolute atomic E-state index is 0.179. The number of fused-ring (bicyclic) bond motifs is 1. The third kappa shape index (κ3) is 3.15. The topological polar surface area (TPSA) is 55.1 Å². The molecular formula is C15H25N5. The van der Waals surface area contributed by atoms with Gasteiger partial charge in [-0.3, -0.25) is 9.38 Å². The van der Waals surface area contributed by atoms with Crippen LogP contribution in [0.1, 0.15) is 45.6 Å². The van der Waals surface area contributed by atoms with Crippen LogP contribution >= 0.6 is 0 Å². The van der Waals surface area contributed by atoms with E-state index in [-0.39, 0.29) is 5.41 Å². The minimum Gasteiger partial charge on any atom is -0.313 e. The normalized spacial score (nSPS) is 13.8. The van der Waals surface area contributed by atoms with E-state index in [0.717, 1.165) is 36.6 Å². The summed E-state index contributed by atoms with van der Waals surface area (Å²) in [4.78, 5) is 4.52. The van der Waals surface area contributed by atoms with Crippen molar-refractivity contribution in [3.63, 3.8) is 0 Å². The average molecular weight is 275 g/mol. The predicted molar refractivity (Wildman–Crippen MR) is 80.8 cm³/mol. The standard InChI is InChI=1S/C15H25N5/c1-6-7-17-13(15(3,4)5)10-12-14-19-18-11(2)20(14)9-8-16-12/h8-9,13,17H,6-7,10H2,1-5H3. The highest BCUT2D eigenvalue weighted by molar-refractivity contribution is 5.43. The van der Waals surface area contributed by atoms with Gasteiger partial charge in [-0.05, 0) is 25.3 Å². The number of hydrogen-bond donors (Lipinski definition) is 1. The Balaban J connectivity index is 2.28. The second-order valence-electron chi connectivity index (χ2n) is 6.39. The van der Waals surface area contributed by atoms with Crippen LogP contribution in [0.5, 0.6) is 0 Å². The molecule has 5 heteroatoms. The summed E-state index contributed by atoms with van der Waals surface area (Å²) >= 11 is 0. The van der Waals surface area contributed by atoms with Crippen LogP contribution in [0.15, 0.2) is 12.4 Å². The van der Waals surface area contributed by atoms with Gasteiger partial charge in [0.05, 0.1) is 5.69 Å². The number of aromatic nitrogens is 4. The molecule has 0 radical (unpaired) electrons.